The standard InChI is InChI=1S/C6H18O3Si2.2C4H3NO2/c1-10(2,5-7)9-11(3,4)6-8;2*1-3(2-5)4(6)7/h7-8H,5-6H2,1-4H3;2*1H2,(H,6,7). The maximum absolute atomic E-state index is 9.61. The molecule has 0 aromatic rings. The normalized spacial score (nSPS) is 9.76. The second-order valence-corrected chi connectivity index (χ2v) is 14.2. The second-order valence-electron chi connectivity index (χ2n) is 5.73. The van der Waals surface area contributed by atoms with Gasteiger partial charge in [-0.05, 0) is 26.2 Å². The highest BCUT2D eigenvalue weighted by Gasteiger charge is 2.31. The Kier molecular flexibility index (Phi) is 14.4. The number of hydrogen-bond donors (Lipinski definition) is 4. The predicted molar refractivity (Wildman–Crippen MR) is 95.0 cm³/mol. The van der Waals surface area contributed by atoms with Gasteiger partial charge in [-0.3, -0.25) is 0 Å². The highest BCUT2D eigenvalue weighted by molar-refractivity contribution is 6.84. The van der Waals surface area contributed by atoms with E-state index in [1.165, 1.54) is 12.1 Å². The average Bonchev–Trinajstić information content (AvgIpc) is 2.53. The fraction of sp³-hybridized carbons (Fsp3) is 0.429. The van der Waals surface area contributed by atoms with Crippen LogP contribution in [0.3, 0.4) is 0 Å². The third kappa shape index (κ3) is 17.9. The first-order chi connectivity index (χ1) is 11.2. The van der Waals surface area contributed by atoms with Crippen molar-refractivity contribution in [3.05, 3.63) is 24.3 Å². The molecule has 0 saturated carbocycles. The molecule has 9 nitrogen and oxygen atoms in total. The third-order valence-electron chi connectivity index (χ3n) is 2.10. The predicted octanol–water partition coefficient (Wildman–Crippen LogP) is 0.778. The van der Waals surface area contributed by atoms with E-state index in [9.17, 15) is 9.59 Å². The van der Waals surface area contributed by atoms with Gasteiger partial charge in [-0.2, -0.15) is 10.5 Å². The Morgan fingerprint density at radius 3 is 1.20 bits per heavy atom. The summed E-state index contributed by atoms with van der Waals surface area (Å²) >= 11 is 0. The molecule has 0 fully saturated rings. The molecule has 0 amide bonds. The number of nitrogens with zero attached hydrogens (tertiary/aromatic N) is 2. The number of rotatable bonds is 6. The molecule has 0 aliphatic rings. The van der Waals surface area contributed by atoms with Gasteiger partial charge in [0.25, 0.3) is 0 Å². The van der Waals surface area contributed by atoms with Crippen molar-refractivity contribution in [2.45, 2.75) is 26.2 Å². The smallest absolute Gasteiger partial charge is 0.345 e. The summed E-state index contributed by atoms with van der Waals surface area (Å²) in [6.45, 7) is 13.6. The second kappa shape index (κ2) is 13.1. The Balaban J connectivity index is -0.000000304. The molecule has 0 aliphatic heterocycles. The molecule has 0 rings (SSSR count). The molecule has 0 radical (unpaired) electrons. The van der Waals surface area contributed by atoms with Crippen molar-refractivity contribution in [2.75, 3.05) is 12.5 Å². The number of carboxylic acid groups (broad SMARTS) is 2. The maximum Gasteiger partial charge on any atom is 0.345 e. The maximum atomic E-state index is 9.61. The van der Waals surface area contributed by atoms with E-state index in [1.807, 2.05) is 26.2 Å². The summed E-state index contributed by atoms with van der Waals surface area (Å²) in [6.07, 6.45) is 0.257. The summed E-state index contributed by atoms with van der Waals surface area (Å²) < 4.78 is 5.70. The van der Waals surface area contributed by atoms with E-state index >= 15 is 0 Å². The molecule has 0 aromatic carbocycles. The number of aliphatic hydroxyl groups excluding tert-OH is 2. The minimum Gasteiger partial charge on any atom is -0.477 e. The lowest BCUT2D eigenvalue weighted by molar-refractivity contribution is -0.133. The van der Waals surface area contributed by atoms with Crippen LogP contribution in [0.25, 0.3) is 0 Å². The van der Waals surface area contributed by atoms with Crippen molar-refractivity contribution >= 4 is 28.6 Å². The molecule has 4 N–H and O–H groups in total. The van der Waals surface area contributed by atoms with Gasteiger partial charge in [0.2, 0.25) is 0 Å². The van der Waals surface area contributed by atoms with Crippen LogP contribution in [0.1, 0.15) is 0 Å². The van der Waals surface area contributed by atoms with Gasteiger partial charge < -0.3 is 24.5 Å². The first-order valence-electron chi connectivity index (χ1n) is 6.76. The van der Waals surface area contributed by atoms with Crippen LogP contribution in [-0.2, 0) is 13.7 Å². The molecule has 0 aliphatic carbocycles. The Hall–Kier alpha value is -2.29. The lowest BCUT2D eigenvalue weighted by Crippen LogP contribution is -2.49. The van der Waals surface area contributed by atoms with Crippen LogP contribution in [0.15, 0.2) is 24.3 Å². The lowest BCUT2D eigenvalue weighted by Gasteiger charge is -2.30. The Morgan fingerprint density at radius 2 is 1.12 bits per heavy atom. The van der Waals surface area contributed by atoms with Crippen LogP contribution < -0.4 is 0 Å². The zero-order valence-electron chi connectivity index (χ0n) is 14.7. The zero-order chi connectivity index (χ0) is 20.8. The molecular formula is C14H24N2O7Si2. The van der Waals surface area contributed by atoms with Crippen LogP contribution in [0, 0.1) is 22.7 Å². The van der Waals surface area contributed by atoms with Crippen molar-refractivity contribution in [1.82, 2.24) is 0 Å². The summed E-state index contributed by atoms with van der Waals surface area (Å²) in [5.41, 5.74) is -0.861. The lowest BCUT2D eigenvalue weighted by atomic mass is 10.4. The van der Waals surface area contributed by atoms with Crippen molar-refractivity contribution in [2.24, 2.45) is 0 Å². The Labute approximate surface area is 149 Å². The van der Waals surface area contributed by atoms with E-state index in [4.69, 9.17) is 35.1 Å². The highest BCUT2D eigenvalue weighted by atomic mass is 28.4. The van der Waals surface area contributed by atoms with E-state index in [0.29, 0.717) is 0 Å². The van der Waals surface area contributed by atoms with Gasteiger partial charge in [-0.15, -0.1) is 0 Å². The minimum atomic E-state index is -1.88. The summed E-state index contributed by atoms with van der Waals surface area (Å²) in [6, 6.07) is 2.74. The van der Waals surface area contributed by atoms with E-state index in [0.717, 1.165) is 0 Å². The molecule has 0 spiro atoms. The van der Waals surface area contributed by atoms with Gasteiger partial charge in [0.15, 0.2) is 16.6 Å². The van der Waals surface area contributed by atoms with Crippen molar-refractivity contribution in [3.8, 4) is 12.1 Å². The monoisotopic (exact) mass is 388 g/mol. The molecule has 0 bridgehead atoms. The number of carbonyl (C=O) groups is 2. The third-order valence-corrected chi connectivity index (χ3v) is 8.04. The fourth-order valence-corrected chi connectivity index (χ4v) is 7.41. The van der Waals surface area contributed by atoms with Crippen molar-refractivity contribution in [3.63, 3.8) is 0 Å². The Morgan fingerprint density at radius 1 is 0.880 bits per heavy atom. The van der Waals surface area contributed by atoms with E-state index in [-0.39, 0.29) is 12.5 Å². The number of nitriles is 2. The van der Waals surface area contributed by atoms with Crippen molar-refractivity contribution in [1.29, 1.82) is 10.5 Å². The summed E-state index contributed by atoms with van der Waals surface area (Å²) in [5, 5.41) is 49.1. The van der Waals surface area contributed by atoms with Crippen LogP contribution in [0.2, 0.25) is 26.2 Å². The number of carboxylic acids is 2. The van der Waals surface area contributed by atoms with Crippen LogP contribution in [0.5, 0.6) is 0 Å². The van der Waals surface area contributed by atoms with Crippen LogP contribution >= 0.6 is 0 Å². The summed E-state index contributed by atoms with van der Waals surface area (Å²) in [4.78, 5) is 19.2. The number of aliphatic carboxylic acids is 2. The average molecular weight is 389 g/mol. The summed E-state index contributed by atoms with van der Waals surface area (Å²) in [7, 11) is -3.75. The highest BCUT2D eigenvalue weighted by Crippen LogP contribution is 2.12. The zero-order valence-corrected chi connectivity index (χ0v) is 16.7. The Bertz CT molecular complexity index is 525. The van der Waals surface area contributed by atoms with Crippen molar-refractivity contribution < 1.29 is 34.1 Å². The fourth-order valence-electron chi connectivity index (χ4n) is 0.908. The van der Waals surface area contributed by atoms with Gasteiger partial charge in [0, 0.05) is 0 Å². The largest absolute Gasteiger partial charge is 0.477 e. The molecule has 0 saturated heterocycles. The molecular weight excluding hydrogens is 364 g/mol. The van der Waals surface area contributed by atoms with E-state index in [1.54, 1.807) is 0 Å². The summed E-state index contributed by atoms with van der Waals surface area (Å²) in [5.74, 6) is -2.52. The molecule has 140 valence electrons. The molecule has 0 unspecified atom stereocenters. The first-order valence-corrected chi connectivity index (χ1v) is 13.0. The molecule has 25 heavy (non-hydrogen) atoms. The number of hydrogen-bond acceptors (Lipinski definition) is 7. The van der Waals surface area contributed by atoms with Gasteiger partial charge in [-0.25, -0.2) is 9.59 Å². The molecule has 0 atom stereocenters. The quantitative estimate of drug-likeness (QED) is 0.291. The molecule has 0 aromatic heterocycles. The van der Waals surface area contributed by atoms with Gasteiger partial charge in [0.1, 0.15) is 23.3 Å². The van der Waals surface area contributed by atoms with E-state index < -0.39 is 39.7 Å². The first kappa shape index (κ1) is 27.6. The topological polar surface area (TPSA) is 172 Å². The van der Waals surface area contributed by atoms with Crippen LogP contribution in [-0.4, -0.2) is 61.5 Å². The number of aliphatic hydroxyl groups is 2. The van der Waals surface area contributed by atoms with E-state index in [2.05, 4.69) is 13.2 Å². The SMILES string of the molecule is C=C(C#N)C(=O)O.C=C(C#N)C(=O)O.C[Si](C)(CO)O[Si](C)(C)CO. The van der Waals surface area contributed by atoms with Gasteiger partial charge in [-0.1, -0.05) is 13.2 Å². The van der Waals surface area contributed by atoms with Crippen LogP contribution in [0.4, 0.5) is 0 Å². The van der Waals surface area contributed by atoms with Gasteiger partial charge in [0.05, 0.1) is 12.5 Å². The van der Waals surface area contributed by atoms with Gasteiger partial charge >= 0.3 is 11.9 Å². The molecule has 11 heteroatoms. The molecule has 0 heterocycles. The minimum absolute atomic E-state index is 0.128.